The fourth-order valence-electron chi connectivity index (χ4n) is 5.27. The van der Waals surface area contributed by atoms with Crippen molar-refractivity contribution >= 4 is 46.2 Å². The molecule has 2 saturated carbocycles. The molecule has 1 aliphatic heterocycles. The zero-order valence-electron chi connectivity index (χ0n) is 20.7. The van der Waals surface area contributed by atoms with Gasteiger partial charge in [0.15, 0.2) is 5.82 Å². The molecule has 3 heterocycles. The van der Waals surface area contributed by atoms with Crippen LogP contribution in [-0.4, -0.2) is 59.3 Å². The zero-order chi connectivity index (χ0) is 26.5. The van der Waals surface area contributed by atoms with E-state index in [-0.39, 0.29) is 17.9 Å². The summed E-state index contributed by atoms with van der Waals surface area (Å²) in [4.78, 5) is 27.8. The highest BCUT2D eigenvalue weighted by atomic mass is 127. The predicted octanol–water partition coefficient (Wildman–Crippen LogP) is 4.54. The van der Waals surface area contributed by atoms with Crippen molar-refractivity contribution in [2.24, 2.45) is 5.92 Å². The molecule has 0 bridgehead atoms. The van der Waals surface area contributed by atoms with Crippen LogP contribution in [0.15, 0.2) is 18.3 Å². The minimum Gasteiger partial charge on any atom is -0.492 e. The summed E-state index contributed by atoms with van der Waals surface area (Å²) in [7, 11) is 3.53. The number of aromatic nitrogens is 3. The van der Waals surface area contributed by atoms with Crippen molar-refractivity contribution in [1.29, 1.82) is 0 Å². The molecule has 2 aliphatic carbocycles. The number of hydrogen-bond acceptors (Lipinski definition) is 8. The Labute approximate surface area is 226 Å². The second-order valence-electron chi connectivity index (χ2n) is 9.92. The van der Waals surface area contributed by atoms with Gasteiger partial charge in [-0.25, -0.2) is 9.97 Å². The summed E-state index contributed by atoms with van der Waals surface area (Å²) in [5.41, 5.74) is -0.142. The summed E-state index contributed by atoms with van der Waals surface area (Å²) in [5.74, 6) is 1.71. The molecule has 5 rings (SSSR count). The van der Waals surface area contributed by atoms with Crippen LogP contribution in [-0.2, 0) is 15.7 Å². The third-order valence-electron chi connectivity index (χ3n) is 7.62. The summed E-state index contributed by atoms with van der Waals surface area (Å²) in [6.45, 7) is 2.25. The first kappa shape index (κ1) is 26.2. The van der Waals surface area contributed by atoms with Gasteiger partial charge in [0.05, 0.1) is 47.0 Å². The first-order valence-corrected chi connectivity index (χ1v) is 13.1. The van der Waals surface area contributed by atoms with Gasteiger partial charge in [-0.1, -0.05) is 0 Å². The minimum atomic E-state index is -4.47. The number of hydrogen-bond donors (Lipinski definition) is 1. The molecule has 2 aromatic heterocycles. The SMILES string of the molecule is COC1([C@H]2C(=O)Nc3c(C)nc(N(I)[C@H]4C[C@@H](COc5ccc(C(F)(F)F)nc5)C4)nc3N2C)CCC1. The lowest BCUT2D eigenvalue weighted by atomic mass is 9.73. The molecule has 0 aromatic carbocycles. The Kier molecular flexibility index (Phi) is 6.88. The number of nitrogens with one attached hydrogen (secondary N) is 1. The van der Waals surface area contributed by atoms with Crippen LogP contribution in [0.3, 0.4) is 0 Å². The molecule has 1 amide bonds. The molecular weight excluding hydrogens is 604 g/mol. The van der Waals surface area contributed by atoms with Gasteiger partial charge < -0.3 is 19.7 Å². The van der Waals surface area contributed by atoms with Crippen molar-refractivity contribution in [2.75, 3.05) is 34.1 Å². The molecule has 1 atom stereocenters. The van der Waals surface area contributed by atoms with E-state index in [4.69, 9.17) is 14.5 Å². The van der Waals surface area contributed by atoms with Crippen molar-refractivity contribution in [3.05, 3.63) is 29.7 Å². The van der Waals surface area contributed by atoms with Gasteiger partial charge in [0.1, 0.15) is 23.2 Å². The van der Waals surface area contributed by atoms with E-state index < -0.39 is 23.5 Å². The molecule has 2 fully saturated rings. The average molecular weight is 632 g/mol. The molecule has 0 saturated heterocycles. The van der Waals surface area contributed by atoms with Crippen LogP contribution in [0.25, 0.3) is 0 Å². The maximum Gasteiger partial charge on any atom is 0.433 e. The van der Waals surface area contributed by atoms with Crippen LogP contribution in [0.1, 0.15) is 43.5 Å². The number of anilines is 3. The number of rotatable bonds is 7. The van der Waals surface area contributed by atoms with Gasteiger partial charge in [-0.15, -0.1) is 0 Å². The fraction of sp³-hybridized carbons (Fsp3) is 0.583. The van der Waals surface area contributed by atoms with E-state index in [9.17, 15) is 18.0 Å². The number of aryl methyl sites for hydroxylation is 1. The van der Waals surface area contributed by atoms with Crippen molar-refractivity contribution in [3.8, 4) is 5.75 Å². The van der Waals surface area contributed by atoms with E-state index in [1.54, 1.807) is 7.11 Å². The summed E-state index contributed by atoms with van der Waals surface area (Å²) in [6, 6.07) is 1.94. The third kappa shape index (κ3) is 4.79. The van der Waals surface area contributed by atoms with Gasteiger partial charge in [0.25, 0.3) is 0 Å². The van der Waals surface area contributed by atoms with Crippen LogP contribution in [0.4, 0.5) is 30.6 Å². The van der Waals surface area contributed by atoms with Crippen LogP contribution in [0.2, 0.25) is 0 Å². The first-order chi connectivity index (χ1) is 17.5. The van der Waals surface area contributed by atoms with E-state index in [1.807, 2.05) is 22.0 Å². The molecule has 200 valence electrons. The molecular formula is C24H28F3IN6O3. The van der Waals surface area contributed by atoms with Crippen LogP contribution < -0.4 is 18.1 Å². The van der Waals surface area contributed by atoms with Gasteiger partial charge >= 0.3 is 6.18 Å². The van der Waals surface area contributed by atoms with Gasteiger partial charge in [0, 0.05) is 20.2 Å². The molecule has 2 aromatic rings. The van der Waals surface area contributed by atoms with Crippen molar-refractivity contribution in [3.63, 3.8) is 0 Å². The number of alkyl halides is 3. The monoisotopic (exact) mass is 632 g/mol. The van der Waals surface area contributed by atoms with Gasteiger partial charge in [-0.3, -0.25) is 7.91 Å². The fourth-order valence-corrected chi connectivity index (χ4v) is 5.94. The predicted molar refractivity (Wildman–Crippen MR) is 139 cm³/mol. The maximum absolute atomic E-state index is 13.0. The number of pyridine rings is 1. The lowest BCUT2D eigenvalue weighted by Crippen LogP contribution is -2.64. The number of carbonyl (C=O) groups excluding carboxylic acids is 1. The number of nitrogens with zero attached hydrogens (tertiary/aromatic N) is 5. The molecule has 1 N–H and O–H groups in total. The van der Waals surface area contributed by atoms with Crippen molar-refractivity contribution < 1.29 is 27.4 Å². The number of carbonyl (C=O) groups is 1. The molecule has 9 nitrogen and oxygen atoms in total. The van der Waals surface area contributed by atoms with Gasteiger partial charge in [-0.2, -0.15) is 18.2 Å². The van der Waals surface area contributed by atoms with E-state index in [0.717, 1.165) is 44.4 Å². The Morgan fingerprint density at radius 3 is 2.57 bits per heavy atom. The molecule has 0 unspecified atom stereocenters. The van der Waals surface area contributed by atoms with E-state index in [0.29, 0.717) is 35.5 Å². The third-order valence-corrected chi connectivity index (χ3v) is 8.84. The number of halogens is 4. The van der Waals surface area contributed by atoms with Crippen LogP contribution >= 0.6 is 22.9 Å². The van der Waals surface area contributed by atoms with E-state index in [1.165, 1.54) is 6.07 Å². The largest absolute Gasteiger partial charge is 0.492 e. The smallest absolute Gasteiger partial charge is 0.433 e. The highest BCUT2D eigenvalue weighted by Gasteiger charge is 2.53. The van der Waals surface area contributed by atoms with Crippen molar-refractivity contribution in [2.45, 2.75) is 62.9 Å². The first-order valence-electron chi connectivity index (χ1n) is 12.1. The number of likely N-dealkylation sites (N-methyl/N-ethyl adjacent to an activating group) is 1. The number of fused-ring (bicyclic) bond motifs is 1. The highest BCUT2D eigenvalue weighted by Crippen LogP contribution is 2.45. The Morgan fingerprint density at radius 1 is 1.27 bits per heavy atom. The topological polar surface area (TPSA) is 92.7 Å². The standard InChI is InChI=1S/C24H28F3IN6O3/c1-13-18-20(33(2)19(21(35)31-18)23(36-3)7-4-8-23)32-22(30-13)34(28)15-9-14(10-15)12-37-16-5-6-17(29-11-16)24(25,26)27/h5-6,11,14-15,19H,4,7-10,12H2,1-3H3,(H,31,35)/t14-,15+,19-/m1/s1. The number of amides is 1. The highest BCUT2D eigenvalue weighted by molar-refractivity contribution is 14.1. The normalized spacial score (nSPS) is 24.5. The van der Waals surface area contributed by atoms with Gasteiger partial charge in [-0.05, 0) is 57.1 Å². The lowest BCUT2D eigenvalue weighted by molar-refractivity contribution is -0.141. The maximum atomic E-state index is 13.0. The second kappa shape index (κ2) is 9.71. The number of ether oxygens (including phenoxy) is 2. The molecule has 37 heavy (non-hydrogen) atoms. The summed E-state index contributed by atoms with van der Waals surface area (Å²) in [5, 5.41) is 3.00. The second-order valence-corrected chi connectivity index (χ2v) is 11.0. The Morgan fingerprint density at radius 2 is 2.00 bits per heavy atom. The van der Waals surface area contributed by atoms with Crippen LogP contribution in [0, 0.1) is 12.8 Å². The molecule has 13 heteroatoms. The average Bonchev–Trinajstić information content (AvgIpc) is 2.79. The Hall–Kier alpha value is -2.42. The minimum absolute atomic E-state index is 0.104. The van der Waals surface area contributed by atoms with E-state index in [2.05, 4.69) is 38.1 Å². The van der Waals surface area contributed by atoms with Crippen molar-refractivity contribution in [1.82, 2.24) is 15.0 Å². The van der Waals surface area contributed by atoms with Crippen LogP contribution in [0.5, 0.6) is 5.75 Å². The number of methoxy groups -OCH3 is 1. The molecule has 3 aliphatic rings. The zero-order valence-corrected chi connectivity index (χ0v) is 22.8. The quantitative estimate of drug-likeness (QED) is 0.352. The lowest BCUT2D eigenvalue weighted by Gasteiger charge is -2.50. The summed E-state index contributed by atoms with van der Waals surface area (Å²) in [6.07, 6.45) is 0.972. The molecule has 0 radical (unpaired) electrons. The van der Waals surface area contributed by atoms with Gasteiger partial charge in [0.2, 0.25) is 11.9 Å². The molecule has 0 spiro atoms. The summed E-state index contributed by atoms with van der Waals surface area (Å²) >= 11 is 2.22. The Bertz CT molecular complexity index is 1170. The summed E-state index contributed by atoms with van der Waals surface area (Å²) < 4.78 is 51.5. The Balaban J connectivity index is 1.22. The van der Waals surface area contributed by atoms with E-state index >= 15 is 0 Å².